The van der Waals surface area contributed by atoms with Gasteiger partial charge < -0.3 is 5.11 Å². The van der Waals surface area contributed by atoms with Gasteiger partial charge in [-0.15, -0.1) is 0 Å². The third kappa shape index (κ3) is 4.32. The highest BCUT2D eigenvalue weighted by Gasteiger charge is 2.36. The first-order chi connectivity index (χ1) is 12.7. The summed E-state index contributed by atoms with van der Waals surface area (Å²) in [5.74, 6) is -0.254. The predicted molar refractivity (Wildman–Crippen MR) is 112 cm³/mol. The molecule has 0 amide bonds. The minimum atomic E-state index is -0.254. The maximum atomic E-state index is 13.1. The van der Waals surface area contributed by atoms with E-state index < -0.39 is 0 Å². The molecular formula is C25H31FO. The lowest BCUT2D eigenvalue weighted by atomic mass is 9.63. The molecule has 2 aromatic carbocycles. The SMILES string of the molecule is CC1(C)CCC(C)(C)c2cc(CC/C=C(\CO)c3ccc(F)cc3)ccc21. The van der Waals surface area contributed by atoms with E-state index in [2.05, 4.69) is 52.0 Å². The summed E-state index contributed by atoms with van der Waals surface area (Å²) in [7, 11) is 0. The molecule has 27 heavy (non-hydrogen) atoms. The van der Waals surface area contributed by atoms with Crippen molar-refractivity contribution >= 4 is 5.57 Å². The summed E-state index contributed by atoms with van der Waals surface area (Å²) in [6.07, 6.45) is 6.31. The molecule has 2 heteroatoms. The third-order valence-corrected chi connectivity index (χ3v) is 6.13. The molecular weight excluding hydrogens is 335 g/mol. The van der Waals surface area contributed by atoms with Gasteiger partial charge in [-0.1, -0.05) is 64.1 Å². The standard InChI is InChI=1S/C25H31FO/c1-24(2)14-15-25(3,4)23-16-18(8-13-22(23)24)6-5-7-20(17-27)19-9-11-21(26)12-10-19/h7-13,16,27H,5-6,14-15,17H2,1-4H3/b20-7+. The fourth-order valence-corrected chi connectivity index (χ4v) is 4.14. The summed E-state index contributed by atoms with van der Waals surface area (Å²) >= 11 is 0. The number of hydrogen-bond acceptors (Lipinski definition) is 1. The molecule has 3 rings (SSSR count). The maximum absolute atomic E-state index is 13.1. The van der Waals surface area contributed by atoms with Gasteiger partial charge in [-0.25, -0.2) is 4.39 Å². The van der Waals surface area contributed by atoms with Crippen molar-refractivity contribution in [2.75, 3.05) is 6.61 Å². The Balaban J connectivity index is 1.78. The van der Waals surface area contributed by atoms with Crippen LogP contribution in [-0.2, 0) is 17.3 Å². The lowest BCUT2D eigenvalue weighted by Gasteiger charge is -2.42. The van der Waals surface area contributed by atoms with Crippen LogP contribution in [0, 0.1) is 5.82 Å². The molecule has 0 atom stereocenters. The number of fused-ring (bicyclic) bond motifs is 1. The minimum absolute atomic E-state index is 0.0307. The molecule has 0 radical (unpaired) electrons. The van der Waals surface area contributed by atoms with Gasteiger partial charge in [0.25, 0.3) is 0 Å². The second-order valence-corrected chi connectivity index (χ2v) is 9.08. The quantitative estimate of drug-likeness (QED) is 0.669. The topological polar surface area (TPSA) is 20.2 Å². The molecule has 0 spiro atoms. The number of allylic oxidation sites excluding steroid dienone is 1. The predicted octanol–water partition coefficient (Wildman–Crippen LogP) is 6.18. The summed E-state index contributed by atoms with van der Waals surface area (Å²) in [5.41, 5.74) is 6.52. The van der Waals surface area contributed by atoms with Crippen molar-refractivity contribution in [3.8, 4) is 0 Å². The van der Waals surface area contributed by atoms with E-state index in [1.807, 2.05) is 0 Å². The number of benzene rings is 2. The van der Waals surface area contributed by atoms with Gasteiger partial charge in [-0.05, 0) is 76.5 Å². The Morgan fingerprint density at radius 3 is 2.22 bits per heavy atom. The molecule has 144 valence electrons. The van der Waals surface area contributed by atoms with Gasteiger partial charge in [0.15, 0.2) is 0 Å². The monoisotopic (exact) mass is 366 g/mol. The molecule has 0 saturated carbocycles. The molecule has 1 N–H and O–H groups in total. The van der Waals surface area contributed by atoms with E-state index in [0.29, 0.717) is 0 Å². The van der Waals surface area contributed by atoms with Crippen LogP contribution in [-0.4, -0.2) is 11.7 Å². The van der Waals surface area contributed by atoms with Crippen LogP contribution in [0.25, 0.3) is 5.57 Å². The highest BCUT2D eigenvalue weighted by atomic mass is 19.1. The number of halogens is 1. The van der Waals surface area contributed by atoms with Crippen molar-refractivity contribution < 1.29 is 9.50 Å². The van der Waals surface area contributed by atoms with Crippen LogP contribution in [0.1, 0.15) is 69.2 Å². The van der Waals surface area contributed by atoms with E-state index in [0.717, 1.165) is 24.0 Å². The molecule has 1 nitrogen and oxygen atoms in total. The van der Waals surface area contributed by atoms with Crippen molar-refractivity contribution in [3.05, 3.63) is 76.6 Å². The number of rotatable bonds is 5. The van der Waals surface area contributed by atoms with Crippen molar-refractivity contribution in [3.63, 3.8) is 0 Å². The highest BCUT2D eigenvalue weighted by Crippen LogP contribution is 2.45. The molecule has 0 heterocycles. The van der Waals surface area contributed by atoms with Crippen molar-refractivity contribution in [1.29, 1.82) is 0 Å². The molecule has 0 unspecified atom stereocenters. The lowest BCUT2D eigenvalue weighted by molar-refractivity contribution is 0.331. The summed E-state index contributed by atoms with van der Waals surface area (Å²) in [5, 5.41) is 9.67. The van der Waals surface area contributed by atoms with Gasteiger partial charge in [-0.3, -0.25) is 0 Å². The Labute approximate surface area is 162 Å². The van der Waals surface area contributed by atoms with Crippen LogP contribution in [0.4, 0.5) is 4.39 Å². The fourth-order valence-electron chi connectivity index (χ4n) is 4.14. The molecule has 0 aromatic heterocycles. The average Bonchev–Trinajstić information content (AvgIpc) is 2.64. The number of aliphatic hydroxyl groups is 1. The van der Waals surface area contributed by atoms with Gasteiger partial charge in [0.2, 0.25) is 0 Å². The lowest BCUT2D eigenvalue weighted by Crippen LogP contribution is -2.33. The molecule has 0 aliphatic heterocycles. The minimum Gasteiger partial charge on any atom is -0.392 e. The fraction of sp³-hybridized carbons (Fsp3) is 0.440. The van der Waals surface area contributed by atoms with Crippen LogP contribution in [0.3, 0.4) is 0 Å². The first-order valence-electron chi connectivity index (χ1n) is 9.93. The smallest absolute Gasteiger partial charge is 0.123 e. The van der Waals surface area contributed by atoms with E-state index in [1.165, 1.54) is 41.7 Å². The van der Waals surface area contributed by atoms with Crippen LogP contribution in [0.15, 0.2) is 48.5 Å². The van der Waals surface area contributed by atoms with Gasteiger partial charge in [0, 0.05) is 0 Å². The second-order valence-electron chi connectivity index (χ2n) is 9.08. The van der Waals surface area contributed by atoms with E-state index in [4.69, 9.17) is 0 Å². The van der Waals surface area contributed by atoms with Gasteiger partial charge in [0.05, 0.1) is 6.61 Å². The summed E-state index contributed by atoms with van der Waals surface area (Å²) in [4.78, 5) is 0. The van der Waals surface area contributed by atoms with Crippen molar-refractivity contribution in [2.24, 2.45) is 0 Å². The number of aryl methyl sites for hydroxylation is 1. The first-order valence-corrected chi connectivity index (χ1v) is 9.93. The van der Waals surface area contributed by atoms with Crippen LogP contribution in [0.2, 0.25) is 0 Å². The zero-order valence-corrected chi connectivity index (χ0v) is 17.0. The Hall–Kier alpha value is -1.93. The first kappa shape index (κ1) is 19.8. The second kappa shape index (κ2) is 7.59. The zero-order chi connectivity index (χ0) is 19.7. The van der Waals surface area contributed by atoms with Gasteiger partial charge >= 0.3 is 0 Å². The Morgan fingerprint density at radius 1 is 0.963 bits per heavy atom. The molecule has 0 bridgehead atoms. The number of hydrogen-bond donors (Lipinski definition) is 1. The number of aliphatic hydroxyl groups excluding tert-OH is 1. The molecule has 2 aromatic rings. The van der Waals surface area contributed by atoms with E-state index in [-0.39, 0.29) is 23.3 Å². The van der Waals surface area contributed by atoms with Crippen molar-refractivity contribution in [2.45, 2.75) is 64.2 Å². The maximum Gasteiger partial charge on any atom is 0.123 e. The molecule has 0 fully saturated rings. The van der Waals surface area contributed by atoms with E-state index in [1.54, 1.807) is 12.1 Å². The van der Waals surface area contributed by atoms with Crippen molar-refractivity contribution in [1.82, 2.24) is 0 Å². The molecule has 0 saturated heterocycles. The Kier molecular flexibility index (Phi) is 5.58. The normalized spacial score (nSPS) is 18.2. The Bertz CT molecular complexity index is 828. The van der Waals surface area contributed by atoms with Gasteiger partial charge in [0.1, 0.15) is 5.82 Å². The van der Waals surface area contributed by atoms with E-state index >= 15 is 0 Å². The largest absolute Gasteiger partial charge is 0.392 e. The third-order valence-electron chi connectivity index (χ3n) is 6.13. The van der Waals surface area contributed by atoms with Crippen LogP contribution in [0.5, 0.6) is 0 Å². The zero-order valence-electron chi connectivity index (χ0n) is 17.0. The average molecular weight is 367 g/mol. The summed E-state index contributed by atoms with van der Waals surface area (Å²) in [6, 6.07) is 13.3. The highest BCUT2D eigenvalue weighted by molar-refractivity contribution is 5.66. The summed E-state index contributed by atoms with van der Waals surface area (Å²) in [6.45, 7) is 9.36. The van der Waals surface area contributed by atoms with Gasteiger partial charge in [-0.2, -0.15) is 0 Å². The molecule has 1 aliphatic carbocycles. The van der Waals surface area contributed by atoms with Crippen LogP contribution < -0.4 is 0 Å². The molecule has 1 aliphatic rings. The Morgan fingerprint density at radius 2 is 1.59 bits per heavy atom. The summed E-state index contributed by atoms with van der Waals surface area (Å²) < 4.78 is 13.1. The van der Waals surface area contributed by atoms with E-state index in [9.17, 15) is 9.50 Å². The van der Waals surface area contributed by atoms with Crippen LogP contribution >= 0.6 is 0 Å².